The predicted octanol–water partition coefficient (Wildman–Crippen LogP) is 4.74. The van der Waals surface area contributed by atoms with Crippen LogP contribution in [-0.4, -0.2) is 52.6 Å². The molecule has 2 aliphatic rings. The van der Waals surface area contributed by atoms with E-state index >= 15 is 0 Å². The molecule has 3 atom stereocenters. The molecule has 1 saturated heterocycles. The minimum atomic E-state index is -0.369. The molecule has 0 bridgehead atoms. The van der Waals surface area contributed by atoms with Crippen LogP contribution in [0.1, 0.15) is 75.6 Å². The first-order valence-corrected chi connectivity index (χ1v) is 13.1. The van der Waals surface area contributed by atoms with Gasteiger partial charge >= 0.3 is 0 Å². The summed E-state index contributed by atoms with van der Waals surface area (Å²) in [4.78, 5) is 41.0. The largest absolute Gasteiger partial charge is 0.345 e. The highest BCUT2D eigenvalue weighted by molar-refractivity contribution is 6.07. The van der Waals surface area contributed by atoms with Crippen molar-refractivity contribution in [3.05, 3.63) is 35.8 Å². The van der Waals surface area contributed by atoms with Crippen LogP contribution in [0.4, 0.5) is 4.39 Å². The molecule has 0 spiro atoms. The molecule has 2 aromatic rings. The fourth-order valence-corrected chi connectivity index (χ4v) is 6.00. The third-order valence-electron chi connectivity index (χ3n) is 8.16. The van der Waals surface area contributed by atoms with E-state index in [2.05, 4.69) is 5.32 Å². The maximum Gasteiger partial charge on any atom is 0.226 e. The first kappa shape index (κ1) is 25.5. The van der Waals surface area contributed by atoms with E-state index in [0.29, 0.717) is 24.0 Å². The van der Waals surface area contributed by atoms with Crippen molar-refractivity contribution in [1.82, 2.24) is 14.8 Å². The number of benzene rings is 1. The van der Waals surface area contributed by atoms with Gasteiger partial charge < -0.3 is 14.8 Å². The molecule has 1 aliphatic carbocycles. The van der Waals surface area contributed by atoms with Crippen LogP contribution >= 0.6 is 0 Å². The normalized spacial score (nSPS) is 20.8. The van der Waals surface area contributed by atoms with Crippen LogP contribution in [0.25, 0.3) is 10.9 Å². The van der Waals surface area contributed by atoms with E-state index < -0.39 is 0 Å². The number of aromatic nitrogens is 1. The van der Waals surface area contributed by atoms with E-state index in [1.165, 1.54) is 25.5 Å². The van der Waals surface area contributed by atoms with Gasteiger partial charge in [0.1, 0.15) is 11.6 Å². The van der Waals surface area contributed by atoms with Gasteiger partial charge in [0.2, 0.25) is 5.91 Å². The molecule has 190 valence electrons. The Balaban J connectivity index is 1.58. The molecule has 2 heterocycles. The number of nitrogens with one attached hydrogen (secondary N) is 1. The first-order chi connectivity index (χ1) is 16.8. The quantitative estimate of drug-likeness (QED) is 0.523. The standard InChI is InChI=1S/C28H38FN3O3/c1-18(30-3)27(34)15-23(20-8-5-4-6-9-20)28(35)32-13-7-10-22(32)16-31-17-25(19(2)33)24-14-21(29)11-12-26(24)31/h11-12,14,17-18,20,22-23,30H,4-10,13,15-16H2,1-3H3. The highest BCUT2D eigenvalue weighted by Crippen LogP contribution is 2.35. The van der Waals surface area contributed by atoms with Gasteiger partial charge in [-0.15, -0.1) is 0 Å². The zero-order chi connectivity index (χ0) is 25.1. The van der Waals surface area contributed by atoms with E-state index in [1.807, 2.05) is 16.4 Å². The molecule has 2 fully saturated rings. The van der Waals surface area contributed by atoms with Gasteiger partial charge in [0.05, 0.1) is 6.04 Å². The number of likely N-dealkylation sites (tertiary alicyclic amines) is 1. The Morgan fingerprint density at radius 3 is 2.54 bits per heavy atom. The van der Waals surface area contributed by atoms with Crippen molar-refractivity contribution in [2.45, 2.75) is 83.8 Å². The fraction of sp³-hybridized carbons (Fsp3) is 0.607. The van der Waals surface area contributed by atoms with Crippen LogP contribution in [0, 0.1) is 17.7 Å². The van der Waals surface area contributed by atoms with Crippen molar-refractivity contribution in [2.24, 2.45) is 11.8 Å². The summed E-state index contributed by atoms with van der Waals surface area (Å²) in [7, 11) is 1.78. The number of rotatable bonds is 9. The summed E-state index contributed by atoms with van der Waals surface area (Å²) in [5.74, 6) is -0.297. The number of hydrogen-bond acceptors (Lipinski definition) is 4. The first-order valence-electron chi connectivity index (χ1n) is 13.1. The number of hydrogen-bond donors (Lipinski definition) is 1. The molecular formula is C28H38FN3O3. The minimum Gasteiger partial charge on any atom is -0.345 e. The summed E-state index contributed by atoms with van der Waals surface area (Å²) >= 11 is 0. The number of nitrogens with zero attached hydrogens (tertiary/aromatic N) is 2. The lowest BCUT2D eigenvalue weighted by atomic mass is 9.76. The van der Waals surface area contributed by atoms with E-state index in [9.17, 15) is 18.8 Å². The van der Waals surface area contributed by atoms with Crippen LogP contribution < -0.4 is 5.32 Å². The van der Waals surface area contributed by atoms with Crippen LogP contribution in [0.5, 0.6) is 0 Å². The number of carbonyl (C=O) groups excluding carboxylic acids is 3. The number of fused-ring (bicyclic) bond motifs is 1. The third kappa shape index (κ3) is 5.50. The van der Waals surface area contributed by atoms with Gasteiger partial charge in [-0.1, -0.05) is 19.3 Å². The molecule has 3 unspecified atom stereocenters. The lowest BCUT2D eigenvalue weighted by molar-refractivity contribution is -0.141. The van der Waals surface area contributed by atoms with Gasteiger partial charge in [0, 0.05) is 54.1 Å². The average molecular weight is 484 g/mol. The Kier molecular flexibility index (Phi) is 8.05. The van der Waals surface area contributed by atoms with Crippen molar-refractivity contribution < 1.29 is 18.8 Å². The van der Waals surface area contributed by atoms with Crippen molar-refractivity contribution in [3.8, 4) is 0 Å². The van der Waals surface area contributed by atoms with E-state index in [1.54, 1.807) is 19.3 Å². The van der Waals surface area contributed by atoms with Crippen molar-refractivity contribution >= 4 is 28.4 Å². The summed E-state index contributed by atoms with van der Waals surface area (Å²) in [6, 6.07) is 4.26. The number of halogens is 1. The topological polar surface area (TPSA) is 71.4 Å². The molecule has 1 aromatic carbocycles. The van der Waals surface area contributed by atoms with Gasteiger partial charge in [-0.25, -0.2) is 4.39 Å². The lowest BCUT2D eigenvalue weighted by Crippen LogP contribution is -2.45. The monoisotopic (exact) mass is 483 g/mol. The van der Waals surface area contributed by atoms with Crippen LogP contribution in [0.2, 0.25) is 0 Å². The van der Waals surface area contributed by atoms with Gasteiger partial charge in [0.25, 0.3) is 0 Å². The number of amides is 1. The molecule has 4 rings (SSSR count). The summed E-state index contributed by atoms with van der Waals surface area (Å²) in [6.07, 6.45) is 9.32. The van der Waals surface area contributed by atoms with Crippen LogP contribution in [0.3, 0.4) is 0 Å². The fourth-order valence-electron chi connectivity index (χ4n) is 6.00. The molecule has 1 aromatic heterocycles. The van der Waals surface area contributed by atoms with E-state index in [-0.39, 0.29) is 53.6 Å². The molecule has 35 heavy (non-hydrogen) atoms. The molecule has 1 N–H and O–H groups in total. The number of ketones is 2. The summed E-state index contributed by atoms with van der Waals surface area (Å²) in [5.41, 5.74) is 1.31. The highest BCUT2D eigenvalue weighted by atomic mass is 19.1. The molecule has 1 saturated carbocycles. The smallest absolute Gasteiger partial charge is 0.226 e. The lowest BCUT2D eigenvalue weighted by Gasteiger charge is -2.35. The maximum absolute atomic E-state index is 14.0. The minimum absolute atomic E-state index is 0.00845. The van der Waals surface area contributed by atoms with Crippen molar-refractivity contribution in [3.63, 3.8) is 0 Å². The van der Waals surface area contributed by atoms with Gasteiger partial charge in [-0.2, -0.15) is 0 Å². The Morgan fingerprint density at radius 1 is 1.11 bits per heavy atom. The number of likely N-dealkylation sites (N-methyl/N-ethyl adjacent to an activating group) is 1. The zero-order valence-electron chi connectivity index (χ0n) is 21.2. The van der Waals surface area contributed by atoms with Crippen molar-refractivity contribution in [2.75, 3.05) is 13.6 Å². The van der Waals surface area contributed by atoms with Gasteiger partial charge in [-0.3, -0.25) is 14.4 Å². The Morgan fingerprint density at radius 2 is 1.86 bits per heavy atom. The second kappa shape index (κ2) is 11.0. The molecule has 1 aliphatic heterocycles. The summed E-state index contributed by atoms with van der Waals surface area (Å²) in [5, 5.41) is 3.63. The van der Waals surface area contributed by atoms with Crippen molar-refractivity contribution in [1.29, 1.82) is 0 Å². The van der Waals surface area contributed by atoms with E-state index in [4.69, 9.17) is 0 Å². The SMILES string of the molecule is CNC(C)C(=O)CC(C(=O)N1CCCC1Cn1cc(C(C)=O)c2cc(F)ccc21)C1CCCCC1. The predicted molar refractivity (Wildman–Crippen MR) is 135 cm³/mol. The average Bonchev–Trinajstić information content (AvgIpc) is 3.46. The second-order valence-electron chi connectivity index (χ2n) is 10.4. The molecule has 0 radical (unpaired) electrons. The molecule has 6 nitrogen and oxygen atoms in total. The van der Waals surface area contributed by atoms with Crippen LogP contribution in [0.15, 0.2) is 24.4 Å². The number of Topliss-reactive ketones (excluding diaryl/α,β-unsaturated/α-hetero) is 2. The Labute approximate surface area is 207 Å². The molecule has 7 heteroatoms. The molecule has 1 amide bonds. The third-order valence-corrected chi connectivity index (χ3v) is 8.16. The Hall–Kier alpha value is -2.54. The summed E-state index contributed by atoms with van der Waals surface area (Å²) < 4.78 is 15.9. The van der Waals surface area contributed by atoms with Crippen LogP contribution in [-0.2, 0) is 16.1 Å². The van der Waals surface area contributed by atoms with Gasteiger partial charge in [0.15, 0.2) is 5.78 Å². The second-order valence-corrected chi connectivity index (χ2v) is 10.4. The zero-order valence-corrected chi connectivity index (χ0v) is 21.2. The maximum atomic E-state index is 14.0. The van der Waals surface area contributed by atoms with E-state index in [0.717, 1.165) is 44.0 Å². The Bertz CT molecular complexity index is 1090. The van der Waals surface area contributed by atoms with Gasteiger partial charge in [-0.05, 0) is 70.7 Å². The number of carbonyl (C=O) groups is 3. The summed E-state index contributed by atoms with van der Waals surface area (Å²) in [6.45, 7) is 4.60. The molecular weight excluding hydrogens is 445 g/mol. The highest BCUT2D eigenvalue weighted by Gasteiger charge is 2.39.